The summed E-state index contributed by atoms with van der Waals surface area (Å²) in [5.41, 5.74) is 1.70. The number of benzene rings is 1. The summed E-state index contributed by atoms with van der Waals surface area (Å²) in [6.45, 7) is 3.00. The van der Waals surface area contributed by atoms with Gasteiger partial charge in [-0.1, -0.05) is 24.9 Å². The molecule has 6 nitrogen and oxygen atoms in total. The summed E-state index contributed by atoms with van der Waals surface area (Å²) in [6.07, 6.45) is 3.97. The summed E-state index contributed by atoms with van der Waals surface area (Å²) in [5.74, 6) is 1.33. The Kier molecular flexibility index (Phi) is 4.62. The lowest BCUT2D eigenvalue weighted by molar-refractivity contribution is 0.783. The molecule has 0 aliphatic rings. The highest BCUT2D eigenvalue weighted by molar-refractivity contribution is 6.30. The van der Waals surface area contributed by atoms with Crippen molar-refractivity contribution in [3.05, 3.63) is 35.5 Å². The number of aromatic nitrogens is 4. The van der Waals surface area contributed by atoms with E-state index >= 15 is 0 Å². The number of rotatable bonds is 6. The van der Waals surface area contributed by atoms with Crippen LogP contribution >= 0.6 is 11.6 Å². The molecule has 0 fully saturated rings. The van der Waals surface area contributed by atoms with Crippen LogP contribution in [0, 0.1) is 0 Å². The molecule has 3 aromatic rings. The Bertz CT molecular complexity index is 796. The fraction of sp³-hybridized carbons (Fsp3) is 0.312. The summed E-state index contributed by atoms with van der Waals surface area (Å²) in [5, 5.41) is 12.4. The fourth-order valence-corrected chi connectivity index (χ4v) is 2.37. The molecule has 0 atom stereocenters. The van der Waals surface area contributed by atoms with Crippen LogP contribution in [-0.4, -0.2) is 26.3 Å². The smallest absolute Gasteiger partial charge is 0.226 e. The van der Waals surface area contributed by atoms with Crippen molar-refractivity contribution >= 4 is 40.1 Å². The summed E-state index contributed by atoms with van der Waals surface area (Å²) in [6, 6.07) is 7.51. The lowest BCUT2D eigenvalue weighted by atomic mass is 10.3. The first kappa shape index (κ1) is 15.6. The number of aryl methyl sites for hydroxylation is 1. The molecule has 0 spiro atoms. The van der Waals surface area contributed by atoms with Crippen molar-refractivity contribution < 1.29 is 0 Å². The van der Waals surface area contributed by atoms with E-state index in [4.69, 9.17) is 11.6 Å². The Balaban J connectivity index is 1.94. The molecule has 2 aromatic heterocycles. The highest BCUT2D eigenvalue weighted by Gasteiger charge is 2.11. The molecule has 3 rings (SSSR count). The minimum atomic E-state index is 0.603. The zero-order valence-corrected chi connectivity index (χ0v) is 13.9. The number of unbranched alkanes of at least 4 members (excludes halogenated alkanes) is 1. The van der Waals surface area contributed by atoms with Crippen LogP contribution in [-0.2, 0) is 7.05 Å². The Morgan fingerprint density at radius 2 is 1.96 bits per heavy atom. The largest absolute Gasteiger partial charge is 0.354 e. The Morgan fingerprint density at radius 3 is 2.70 bits per heavy atom. The summed E-state index contributed by atoms with van der Waals surface area (Å²) < 4.78 is 1.75. The van der Waals surface area contributed by atoms with Crippen LogP contribution in [0.3, 0.4) is 0 Å². The van der Waals surface area contributed by atoms with Crippen molar-refractivity contribution in [3.8, 4) is 0 Å². The van der Waals surface area contributed by atoms with E-state index in [1.165, 1.54) is 0 Å². The maximum atomic E-state index is 5.93. The van der Waals surface area contributed by atoms with Gasteiger partial charge in [0, 0.05) is 24.3 Å². The zero-order chi connectivity index (χ0) is 16.2. The molecule has 0 saturated carbocycles. The first-order valence-electron chi connectivity index (χ1n) is 7.63. The predicted octanol–water partition coefficient (Wildman–Crippen LogP) is 3.97. The monoisotopic (exact) mass is 330 g/mol. The average Bonchev–Trinajstić information content (AvgIpc) is 2.92. The molecular weight excluding hydrogens is 312 g/mol. The van der Waals surface area contributed by atoms with Gasteiger partial charge in [0.2, 0.25) is 5.95 Å². The molecule has 0 amide bonds. The fourth-order valence-electron chi connectivity index (χ4n) is 2.24. The third-order valence-electron chi connectivity index (χ3n) is 3.51. The Labute approximate surface area is 139 Å². The van der Waals surface area contributed by atoms with E-state index in [-0.39, 0.29) is 0 Å². The van der Waals surface area contributed by atoms with Crippen LogP contribution in [0.25, 0.3) is 11.0 Å². The zero-order valence-electron chi connectivity index (χ0n) is 13.2. The minimum absolute atomic E-state index is 0.603. The van der Waals surface area contributed by atoms with E-state index in [2.05, 4.69) is 32.6 Å². The second kappa shape index (κ2) is 6.83. The van der Waals surface area contributed by atoms with E-state index in [1.807, 2.05) is 31.3 Å². The molecule has 120 valence electrons. The van der Waals surface area contributed by atoms with Crippen LogP contribution < -0.4 is 10.6 Å². The van der Waals surface area contributed by atoms with Crippen LogP contribution in [0.15, 0.2) is 30.5 Å². The van der Waals surface area contributed by atoms with Gasteiger partial charge in [0.1, 0.15) is 5.82 Å². The van der Waals surface area contributed by atoms with Crippen molar-refractivity contribution in [2.75, 3.05) is 17.2 Å². The van der Waals surface area contributed by atoms with Crippen molar-refractivity contribution in [1.29, 1.82) is 0 Å². The molecule has 0 aliphatic carbocycles. The minimum Gasteiger partial charge on any atom is -0.354 e. The molecule has 2 heterocycles. The lowest BCUT2D eigenvalue weighted by Gasteiger charge is -2.10. The highest BCUT2D eigenvalue weighted by Crippen LogP contribution is 2.25. The number of anilines is 3. The van der Waals surface area contributed by atoms with Crippen molar-refractivity contribution in [3.63, 3.8) is 0 Å². The molecule has 7 heteroatoms. The summed E-state index contributed by atoms with van der Waals surface area (Å²) >= 11 is 5.93. The molecule has 0 radical (unpaired) electrons. The second-order valence-corrected chi connectivity index (χ2v) is 5.75. The van der Waals surface area contributed by atoms with Crippen LogP contribution in [0.5, 0.6) is 0 Å². The van der Waals surface area contributed by atoms with Gasteiger partial charge in [0.05, 0.1) is 11.6 Å². The topological polar surface area (TPSA) is 67.7 Å². The quantitative estimate of drug-likeness (QED) is 0.669. The highest BCUT2D eigenvalue weighted by atomic mass is 35.5. The summed E-state index contributed by atoms with van der Waals surface area (Å²) in [4.78, 5) is 9.12. The maximum Gasteiger partial charge on any atom is 0.226 e. The van der Waals surface area contributed by atoms with Crippen molar-refractivity contribution in [2.24, 2.45) is 7.05 Å². The second-order valence-electron chi connectivity index (χ2n) is 5.31. The van der Waals surface area contributed by atoms with E-state index in [9.17, 15) is 0 Å². The molecule has 0 bridgehead atoms. The van der Waals surface area contributed by atoms with Gasteiger partial charge in [-0.3, -0.25) is 4.68 Å². The van der Waals surface area contributed by atoms with Crippen molar-refractivity contribution in [1.82, 2.24) is 19.7 Å². The predicted molar refractivity (Wildman–Crippen MR) is 94.4 cm³/mol. The molecule has 2 N–H and O–H groups in total. The molecule has 0 aliphatic heterocycles. The van der Waals surface area contributed by atoms with Gasteiger partial charge in [-0.2, -0.15) is 15.1 Å². The van der Waals surface area contributed by atoms with E-state index in [0.29, 0.717) is 11.0 Å². The van der Waals surface area contributed by atoms with E-state index in [1.54, 1.807) is 10.9 Å². The number of halogens is 1. The normalized spacial score (nSPS) is 10.9. The van der Waals surface area contributed by atoms with Gasteiger partial charge in [0.15, 0.2) is 5.65 Å². The lowest BCUT2D eigenvalue weighted by Crippen LogP contribution is -2.07. The number of hydrogen-bond donors (Lipinski definition) is 2. The van der Waals surface area contributed by atoms with Gasteiger partial charge in [-0.15, -0.1) is 0 Å². The molecule has 1 aromatic carbocycles. The molecule has 23 heavy (non-hydrogen) atoms. The molecule has 0 unspecified atom stereocenters. The number of fused-ring (bicyclic) bond motifs is 1. The third-order valence-corrected chi connectivity index (χ3v) is 3.76. The van der Waals surface area contributed by atoms with Gasteiger partial charge in [-0.05, 0) is 30.7 Å². The van der Waals surface area contributed by atoms with E-state index in [0.717, 1.165) is 41.9 Å². The SMILES string of the molecule is CCCCNc1nc(Nc2ccc(Cl)cc2)c2cnn(C)c2n1. The van der Waals surface area contributed by atoms with Crippen LogP contribution in [0.2, 0.25) is 5.02 Å². The van der Waals surface area contributed by atoms with Gasteiger partial charge in [0.25, 0.3) is 0 Å². The summed E-state index contributed by atoms with van der Waals surface area (Å²) in [7, 11) is 1.87. The Morgan fingerprint density at radius 1 is 1.17 bits per heavy atom. The van der Waals surface area contributed by atoms with Crippen molar-refractivity contribution in [2.45, 2.75) is 19.8 Å². The maximum absolute atomic E-state index is 5.93. The third kappa shape index (κ3) is 3.53. The van der Waals surface area contributed by atoms with Gasteiger partial charge >= 0.3 is 0 Å². The molecular formula is C16H19ClN6. The van der Waals surface area contributed by atoms with Gasteiger partial charge < -0.3 is 10.6 Å². The van der Waals surface area contributed by atoms with E-state index < -0.39 is 0 Å². The average molecular weight is 331 g/mol. The number of nitrogens with zero attached hydrogens (tertiary/aromatic N) is 4. The number of hydrogen-bond acceptors (Lipinski definition) is 5. The van der Waals surface area contributed by atoms with Gasteiger partial charge in [-0.25, -0.2) is 0 Å². The first-order valence-corrected chi connectivity index (χ1v) is 8.01. The Hall–Kier alpha value is -2.34. The number of nitrogens with one attached hydrogen (secondary N) is 2. The van der Waals surface area contributed by atoms with Crippen LogP contribution in [0.1, 0.15) is 19.8 Å². The van der Waals surface area contributed by atoms with Crippen LogP contribution in [0.4, 0.5) is 17.5 Å². The first-order chi connectivity index (χ1) is 11.2. The molecule has 0 saturated heterocycles. The standard InChI is InChI=1S/C16H19ClN6/c1-3-4-9-18-16-21-14(13-10-19-23(2)15(13)22-16)20-12-7-5-11(17)6-8-12/h5-8,10H,3-4,9H2,1-2H3,(H2,18,20,21,22).